The summed E-state index contributed by atoms with van der Waals surface area (Å²) in [5.41, 5.74) is 1.13. The molecule has 3 nitrogen and oxygen atoms in total. The number of ketones is 1. The third-order valence-electron chi connectivity index (χ3n) is 3.54. The molecule has 2 aromatic carbocycles. The van der Waals surface area contributed by atoms with Crippen LogP contribution in [0.25, 0.3) is 10.8 Å². The summed E-state index contributed by atoms with van der Waals surface area (Å²) in [6.45, 7) is 0.389. The van der Waals surface area contributed by atoms with Gasteiger partial charge in [0.1, 0.15) is 12.1 Å². The number of carbonyl (C=O) groups is 2. The zero-order chi connectivity index (χ0) is 15.2. The Labute approximate surface area is 125 Å². The van der Waals surface area contributed by atoms with E-state index in [0.717, 1.165) is 17.2 Å². The minimum atomic E-state index is -0.247. The van der Waals surface area contributed by atoms with E-state index < -0.39 is 0 Å². The fourth-order valence-corrected chi connectivity index (χ4v) is 2.63. The van der Waals surface area contributed by atoms with Crippen molar-refractivity contribution in [1.82, 2.24) is 4.90 Å². The molecule has 0 heterocycles. The van der Waals surface area contributed by atoms with Crippen LogP contribution in [0.3, 0.4) is 0 Å². The average molecular weight is 283 g/mol. The number of likely N-dealkylation sites (N-methyl/N-ethyl adjacent to an activating group) is 1. The van der Waals surface area contributed by atoms with Crippen LogP contribution in [0.5, 0.6) is 0 Å². The number of rotatable bonds is 7. The van der Waals surface area contributed by atoms with E-state index in [2.05, 4.69) is 18.2 Å². The molecule has 21 heavy (non-hydrogen) atoms. The molecular weight excluding hydrogens is 262 g/mol. The van der Waals surface area contributed by atoms with Crippen LogP contribution < -0.4 is 0 Å². The van der Waals surface area contributed by atoms with Crippen molar-refractivity contribution < 1.29 is 9.59 Å². The number of hydrogen-bond acceptors (Lipinski definition) is 3. The van der Waals surface area contributed by atoms with Crippen molar-refractivity contribution in [3.8, 4) is 0 Å². The Morgan fingerprint density at radius 2 is 1.86 bits per heavy atom. The van der Waals surface area contributed by atoms with Gasteiger partial charge in [-0.25, -0.2) is 0 Å². The summed E-state index contributed by atoms with van der Waals surface area (Å²) in [6.07, 6.45) is 1.84. The predicted octanol–water partition coefficient (Wildman–Crippen LogP) is 2.72. The molecule has 0 aliphatic carbocycles. The lowest BCUT2D eigenvalue weighted by atomic mass is 9.92. The van der Waals surface area contributed by atoms with Crippen molar-refractivity contribution in [2.75, 3.05) is 20.6 Å². The minimum Gasteiger partial charge on any atom is -0.303 e. The second kappa shape index (κ2) is 7.14. The van der Waals surface area contributed by atoms with Gasteiger partial charge in [0.05, 0.1) is 6.54 Å². The van der Waals surface area contributed by atoms with E-state index in [1.54, 1.807) is 0 Å². The van der Waals surface area contributed by atoms with E-state index in [1.807, 2.05) is 43.3 Å². The van der Waals surface area contributed by atoms with Crippen LogP contribution in [0.4, 0.5) is 0 Å². The average Bonchev–Trinajstić information content (AvgIpc) is 2.46. The molecule has 0 saturated carbocycles. The maximum Gasteiger partial charge on any atom is 0.147 e. The molecule has 2 rings (SSSR count). The van der Waals surface area contributed by atoms with Crippen molar-refractivity contribution in [3.63, 3.8) is 0 Å². The van der Waals surface area contributed by atoms with Crippen molar-refractivity contribution in [2.45, 2.75) is 12.8 Å². The molecule has 0 spiro atoms. The fourth-order valence-electron chi connectivity index (χ4n) is 2.63. The highest BCUT2D eigenvalue weighted by molar-refractivity contribution is 5.86. The van der Waals surface area contributed by atoms with Gasteiger partial charge >= 0.3 is 0 Å². The molecule has 0 aromatic heterocycles. The van der Waals surface area contributed by atoms with Gasteiger partial charge < -0.3 is 9.69 Å². The number of nitrogens with zero attached hydrogens (tertiary/aromatic N) is 1. The van der Waals surface area contributed by atoms with Crippen LogP contribution in [0.1, 0.15) is 12.0 Å². The van der Waals surface area contributed by atoms with Crippen LogP contribution in [-0.4, -0.2) is 37.6 Å². The lowest BCUT2D eigenvalue weighted by molar-refractivity contribution is -0.123. The Morgan fingerprint density at radius 1 is 1.14 bits per heavy atom. The molecule has 0 amide bonds. The molecule has 0 aliphatic rings. The summed E-state index contributed by atoms with van der Waals surface area (Å²) in [6, 6.07) is 14.2. The number of hydrogen-bond donors (Lipinski definition) is 0. The molecule has 1 unspecified atom stereocenters. The van der Waals surface area contributed by atoms with Crippen molar-refractivity contribution >= 4 is 22.8 Å². The maximum atomic E-state index is 11.9. The number of benzene rings is 2. The van der Waals surface area contributed by atoms with Gasteiger partial charge in [-0.1, -0.05) is 42.5 Å². The van der Waals surface area contributed by atoms with E-state index in [0.29, 0.717) is 19.4 Å². The molecule has 110 valence electrons. The third kappa shape index (κ3) is 4.23. The maximum absolute atomic E-state index is 11.9. The van der Waals surface area contributed by atoms with Gasteiger partial charge in [-0.2, -0.15) is 0 Å². The highest BCUT2D eigenvalue weighted by Gasteiger charge is 2.15. The van der Waals surface area contributed by atoms with E-state index in [4.69, 9.17) is 0 Å². The van der Waals surface area contributed by atoms with Crippen molar-refractivity contribution in [3.05, 3.63) is 48.0 Å². The summed E-state index contributed by atoms with van der Waals surface area (Å²) in [7, 11) is 3.72. The van der Waals surface area contributed by atoms with Crippen molar-refractivity contribution in [1.29, 1.82) is 0 Å². The second-order valence-corrected chi connectivity index (χ2v) is 5.72. The van der Waals surface area contributed by atoms with Crippen LogP contribution in [0, 0.1) is 5.92 Å². The molecule has 0 fully saturated rings. The third-order valence-corrected chi connectivity index (χ3v) is 3.54. The molecule has 2 aromatic rings. The van der Waals surface area contributed by atoms with E-state index in [9.17, 15) is 9.59 Å². The van der Waals surface area contributed by atoms with Crippen LogP contribution in [0.2, 0.25) is 0 Å². The highest BCUT2D eigenvalue weighted by Crippen LogP contribution is 2.22. The lowest BCUT2D eigenvalue weighted by Gasteiger charge is -2.13. The molecule has 3 heteroatoms. The first-order valence-electron chi connectivity index (χ1n) is 7.18. The molecular formula is C18H21NO2. The molecule has 1 atom stereocenters. The highest BCUT2D eigenvalue weighted by atomic mass is 16.1. The number of aldehydes is 1. The Balaban J connectivity index is 2.14. The van der Waals surface area contributed by atoms with Gasteiger partial charge in [0.15, 0.2) is 0 Å². The standard InChI is InChI=1S/C18H21NO2/c1-19(2)12-17(21)11-14(13-20)10-16-8-5-7-15-6-3-4-9-18(15)16/h3-9,13-14H,10-12H2,1-2H3. The Kier molecular flexibility index (Phi) is 5.23. The largest absolute Gasteiger partial charge is 0.303 e. The van der Waals surface area contributed by atoms with Gasteiger partial charge in [0.2, 0.25) is 0 Å². The summed E-state index contributed by atoms with van der Waals surface area (Å²) in [5, 5.41) is 2.33. The van der Waals surface area contributed by atoms with Gasteiger partial charge in [-0.15, -0.1) is 0 Å². The normalized spacial score (nSPS) is 12.5. The fraction of sp³-hybridized carbons (Fsp3) is 0.333. The smallest absolute Gasteiger partial charge is 0.147 e. The number of fused-ring (bicyclic) bond motifs is 1. The summed E-state index contributed by atoms with van der Waals surface area (Å²) >= 11 is 0. The van der Waals surface area contributed by atoms with E-state index in [1.165, 1.54) is 5.39 Å². The van der Waals surface area contributed by atoms with Crippen LogP contribution >= 0.6 is 0 Å². The zero-order valence-electron chi connectivity index (χ0n) is 12.6. The van der Waals surface area contributed by atoms with Gasteiger partial charge in [-0.3, -0.25) is 4.79 Å². The van der Waals surface area contributed by atoms with E-state index >= 15 is 0 Å². The molecule has 0 N–H and O–H groups in total. The van der Waals surface area contributed by atoms with Crippen LogP contribution in [-0.2, 0) is 16.0 Å². The quantitative estimate of drug-likeness (QED) is 0.733. The Bertz CT molecular complexity index is 629. The van der Waals surface area contributed by atoms with Gasteiger partial charge in [-0.05, 0) is 36.9 Å². The summed E-state index contributed by atoms with van der Waals surface area (Å²) < 4.78 is 0. The zero-order valence-corrected chi connectivity index (χ0v) is 12.6. The lowest BCUT2D eigenvalue weighted by Crippen LogP contribution is -2.24. The van der Waals surface area contributed by atoms with Crippen molar-refractivity contribution in [2.24, 2.45) is 5.92 Å². The SMILES string of the molecule is CN(C)CC(=O)CC(C=O)Cc1cccc2ccccc12. The molecule has 0 bridgehead atoms. The predicted molar refractivity (Wildman–Crippen MR) is 85.4 cm³/mol. The van der Waals surface area contributed by atoms with Gasteiger partial charge in [0.25, 0.3) is 0 Å². The Hall–Kier alpha value is -2.00. The molecule has 0 aliphatic heterocycles. The molecule has 0 radical (unpaired) electrons. The molecule has 0 saturated heterocycles. The second-order valence-electron chi connectivity index (χ2n) is 5.72. The summed E-state index contributed by atoms with van der Waals surface area (Å²) in [5.74, 6) is -0.138. The minimum absolute atomic E-state index is 0.109. The Morgan fingerprint density at radius 3 is 2.57 bits per heavy atom. The first kappa shape index (κ1) is 15.4. The summed E-state index contributed by atoms with van der Waals surface area (Å²) in [4.78, 5) is 25.0. The number of carbonyl (C=O) groups excluding carboxylic acids is 2. The van der Waals surface area contributed by atoms with E-state index in [-0.39, 0.29) is 11.7 Å². The number of Topliss-reactive ketones (excluding diaryl/α,β-unsaturated/α-hetero) is 1. The van der Waals surface area contributed by atoms with Gasteiger partial charge in [0, 0.05) is 12.3 Å². The topological polar surface area (TPSA) is 37.4 Å². The monoisotopic (exact) mass is 283 g/mol. The first-order chi connectivity index (χ1) is 10.1. The van der Waals surface area contributed by atoms with Crippen LogP contribution in [0.15, 0.2) is 42.5 Å². The first-order valence-corrected chi connectivity index (χ1v) is 7.18.